The lowest BCUT2D eigenvalue weighted by Crippen LogP contribution is -2.36. The van der Waals surface area contributed by atoms with E-state index in [9.17, 15) is 26.7 Å². The van der Waals surface area contributed by atoms with Crippen molar-refractivity contribution in [2.24, 2.45) is 0 Å². The standard InChI is InChI=1S/C22H15F5N4O2/c23-21(24,13-28-19(32)15-4-2-1-3-5-15)20-30-29-18-11-8-16(12-31(18)20)14-6-9-17(10-7-14)33-22(25,26)27/h1-12H,13H2,(H,28,32). The van der Waals surface area contributed by atoms with Crippen LogP contribution in [0.5, 0.6) is 5.75 Å². The van der Waals surface area contributed by atoms with Crippen molar-refractivity contribution in [3.05, 3.63) is 84.3 Å². The van der Waals surface area contributed by atoms with Crippen molar-refractivity contribution in [2.45, 2.75) is 12.3 Å². The van der Waals surface area contributed by atoms with Crippen LogP contribution in [-0.2, 0) is 5.92 Å². The lowest BCUT2D eigenvalue weighted by molar-refractivity contribution is -0.274. The van der Waals surface area contributed by atoms with Gasteiger partial charge in [-0.25, -0.2) is 0 Å². The summed E-state index contributed by atoms with van der Waals surface area (Å²) in [5, 5.41) is 9.50. The molecule has 0 atom stereocenters. The number of hydrogen-bond donors (Lipinski definition) is 1. The minimum Gasteiger partial charge on any atom is -0.406 e. The Morgan fingerprint density at radius 1 is 0.879 bits per heavy atom. The molecule has 0 aliphatic rings. The number of rotatable bonds is 6. The topological polar surface area (TPSA) is 68.5 Å². The minimum atomic E-state index is -4.82. The second-order valence-electron chi connectivity index (χ2n) is 6.99. The van der Waals surface area contributed by atoms with Gasteiger partial charge in [0.05, 0.1) is 6.54 Å². The van der Waals surface area contributed by atoms with Crippen molar-refractivity contribution in [3.8, 4) is 16.9 Å². The van der Waals surface area contributed by atoms with Crippen LogP contribution in [-0.4, -0.2) is 33.4 Å². The first kappa shape index (κ1) is 22.2. The summed E-state index contributed by atoms with van der Waals surface area (Å²) in [6.07, 6.45) is -3.48. The van der Waals surface area contributed by atoms with E-state index in [2.05, 4.69) is 20.3 Å². The van der Waals surface area contributed by atoms with Gasteiger partial charge in [-0.15, -0.1) is 23.4 Å². The highest BCUT2D eigenvalue weighted by Gasteiger charge is 2.38. The van der Waals surface area contributed by atoms with Gasteiger partial charge in [0.2, 0.25) is 5.82 Å². The number of aromatic nitrogens is 3. The van der Waals surface area contributed by atoms with E-state index in [1.54, 1.807) is 24.3 Å². The molecule has 0 fully saturated rings. The van der Waals surface area contributed by atoms with E-state index in [0.717, 1.165) is 16.5 Å². The molecule has 0 radical (unpaired) electrons. The average molecular weight is 462 g/mol. The molecule has 170 valence electrons. The molecule has 2 aromatic carbocycles. The van der Waals surface area contributed by atoms with Gasteiger partial charge >= 0.3 is 12.3 Å². The maximum absolute atomic E-state index is 14.9. The van der Waals surface area contributed by atoms with Gasteiger partial charge in [0.25, 0.3) is 5.91 Å². The van der Waals surface area contributed by atoms with E-state index in [1.807, 2.05) is 0 Å². The Balaban J connectivity index is 1.56. The van der Waals surface area contributed by atoms with Crippen LogP contribution in [0.2, 0.25) is 0 Å². The molecule has 11 heteroatoms. The average Bonchev–Trinajstić information content (AvgIpc) is 3.22. The highest BCUT2D eigenvalue weighted by Crippen LogP contribution is 2.30. The third-order valence-corrected chi connectivity index (χ3v) is 4.66. The summed E-state index contributed by atoms with van der Waals surface area (Å²) in [5.41, 5.74) is 1.28. The van der Waals surface area contributed by atoms with Gasteiger partial charge in [-0.1, -0.05) is 30.3 Å². The molecule has 0 unspecified atom stereocenters. The van der Waals surface area contributed by atoms with Crippen molar-refractivity contribution in [2.75, 3.05) is 6.54 Å². The summed E-state index contributed by atoms with van der Waals surface area (Å²) in [6.45, 7) is -1.00. The first-order valence-corrected chi connectivity index (χ1v) is 9.55. The molecule has 1 amide bonds. The Kier molecular flexibility index (Phi) is 5.71. The zero-order valence-corrected chi connectivity index (χ0v) is 16.7. The second-order valence-corrected chi connectivity index (χ2v) is 6.99. The first-order valence-electron chi connectivity index (χ1n) is 9.55. The summed E-state index contributed by atoms with van der Waals surface area (Å²) < 4.78 is 71.7. The smallest absolute Gasteiger partial charge is 0.406 e. The molecule has 2 heterocycles. The van der Waals surface area contributed by atoms with Crippen LogP contribution in [0.25, 0.3) is 16.8 Å². The van der Waals surface area contributed by atoms with Crippen molar-refractivity contribution >= 4 is 11.6 Å². The van der Waals surface area contributed by atoms with Gasteiger partial charge in [-0.05, 0) is 47.5 Å². The van der Waals surface area contributed by atoms with Gasteiger partial charge in [-0.3, -0.25) is 9.20 Å². The Labute approximate surface area is 183 Å². The first-order chi connectivity index (χ1) is 15.6. The van der Waals surface area contributed by atoms with E-state index >= 15 is 0 Å². The van der Waals surface area contributed by atoms with Gasteiger partial charge in [-0.2, -0.15) is 8.78 Å². The van der Waals surface area contributed by atoms with Crippen molar-refractivity contribution in [1.82, 2.24) is 19.9 Å². The zero-order valence-electron chi connectivity index (χ0n) is 16.7. The number of carbonyl (C=O) groups excluding carboxylic acids is 1. The number of alkyl halides is 5. The molecule has 0 aliphatic heterocycles. The molecule has 0 bridgehead atoms. The summed E-state index contributed by atoms with van der Waals surface area (Å²) in [5.74, 6) is -5.30. The number of ether oxygens (including phenoxy) is 1. The summed E-state index contributed by atoms with van der Waals surface area (Å²) in [7, 11) is 0. The third-order valence-electron chi connectivity index (χ3n) is 4.66. The molecule has 6 nitrogen and oxygen atoms in total. The van der Waals surface area contributed by atoms with Crippen LogP contribution in [0.1, 0.15) is 16.2 Å². The highest BCUT2D eigenvalue weighted by molar-refractivity contribution is 5.94. The fraction of sp³-hybridized carbons (Fsp3) is 0.136. The Hall–Kier alpha value is -4.02. The summed E-state index contributed by atoms with van der Waals surface area (Å²) in [4.78, 5) is 12.1. The lowest BCUT2D eigenvalue weighted by atomic mass is 10.1. The number of nitrogens with one attached hydrogen (secondary N) is 1. The van der Waals surface area contributed by atoms with Crippen LogP contribution in [0.4, 0.5) is 22.0 Å². The number of pyridine rings is 1. The molecular formula is C22H15F5N4O2. The normalized spacial score (nSPS) is 12.0. The predicted octanol–water partition coefficient (Wildman–Crippen LogP) is 4.82. The number of fused-ring (bicyclic) bond motifs is 1. The molecule has 2 aromatic heterocycles. The summed E-state index contributed by atoms with van der Waals surface area (Å²) in [6, 6.07) is 15.9. The van der Waals surface area contributed by atoms with Gasteiger partial charge in [0.15, 0.2) is 5.65 Å². The molecule has 4 aromatic rings. The Morgan fingerprint density at radius 3 is 2.21 bits per heavy atom. The highest BCUT2D eigenvalue weighted by atomic mass is 19.4. The summed E-state index contributed by atoms with van der Waals surface area (Å²) >= 11 is 0. The largest absolute Gasteiger partial charge is 0.573 e. The van der Waals surface area contributed by atoms with Crippen molar-refractivity contribution < 1.29 is 31.5 Å². The molecule has 0 aliphatic carbocycles. The van der Waals surface area contributed by atoms with Gasteiger partial charge in [0, 0.05) is 11.8 Å². The Bertz CT molecular complexity index is 1270. The van der Waals surface area contributed by atoms with Crippen LogP contribution in [0.15, 0.2) is 72.9 Å². The molecule has 0 saturated carbocycles. The van der Waals surface area contributed by atoms with E-state index in [4.69, 9.17) is 0 Å². The number of amides is 1. The van der Waals surface area contributed by atoms with Crippen LogP contribution in [0.3, 0.4) is 0 Å². The molecule has 1 N–H and O–H groups in total. The third kappa shape index (κ3) is 5.08. The van der Waals surface area contributed by atoms with Crippen LogP contribution >= 0.6 is 0 Å². The van der Waals surface area contributed by atoms with Gasteiger partial charge in [0.1, 0.15) is 5.75 Å². The zero-order chi connectivity index (χ0) is 23.6. The van der Waals surface area contributed by atoms with E-state index < -0.39 is 36.3 Å². The SMILES string of the molecule is O=C(NCC(F)(F)c1nnc2ccc(-c3ccc(OC(F)(F)F)cc3)cn12)c1ccccc1. The minimum absolute atomic E-state index is 0.139. The van der Waals surface area contributed by atoms with Gasteiger partial charge < -0.3 is 10.1 Å². The predicted molar refractivity (Wildman–Crippen MR) is 108 cm³/mol. The number of halogens is 5. The fourth-order valence-electron chi connectivity index (χ4n) is 3.12. The maximum Gasteiger partial charge on any atom is 0.573 e. The number of hydrogen-bond acceptors (Lipinski definition) is 4. The number of nitrogens with zero attached hydrogens (tertiary/aromatic N) is 3. The molecule has 0 spiro atoms. The van der Waals surface area contributed by atoms with Crippen LogP contribution < -0.4 is 10.1 Å². The van der Waals surface area contributed by atoms with Crippen LogP contribution in [0, 0.1) is 0 Å². The quantitative estimate of drug-likeness (QED) is 0.418. The number of carbonyl (C=O) groups is 1. The maximum atomic E-state index is 14.9. The molecule has 4 rings (SSSR count). The fourth-order valence-corrected chi connectivity index (χ4v) is 3.12. The lowest BCUT2D eigenvalue weighted by Gasteiger charge is -2.16. The Morgan fingerprint density at radius 2 is 1.55 bits per heavy atom. The number of benzene rings is 2. The van der Waals surface area contributed by atoms with Crippen molar-refractivity contribution in [1.29, 1.82) is 0 Å². The molecule has 0 saturated heterocycles. The van der Waals surface area contributed by atoms with Crippen molar-refractivity contribution in [3.63, 3.8) is 0 Å². The van der Waals surface area contributed by atoms with E-state index in [-0.39, 0.29) is 11.2 Å². The monoisotopic (exact) mass is 462 g/mol. The van der Waals surface area contributed by atoms with E-state index in [0.29, 0.717) is 11.1 Å². The molecule has 33 heavy (non-hydrogen) atoms. The van der Waals surface area contributed by atoms with E-state index in [1.165, 1.54) is 36.5 Å². The second kappa shape index (κ2) is 8.49. The molecular weight excluding hydrogens is 447 g/mol.